The molecule has 1 unspecified atom stereocenters. The molecule has 0 spiro atoms. The quantitative estimate of drug-likeness (QED) is 0.482. The minimum Gasteiger partial charge on any atom is -0.489 e. The number of aromatic amines is 1. The van der Waals surface area contributed by atoms with E-state index < -0.39 is 0 Å². The Morgan fingerprint density at radius 2 is 2.16 bits per heavy atom. The SMILES string of the molecule is O=C(NCC1=NOC(COc2ccccc2-c2ccn[nH]2)C1)c1ccc2nccn2c1. The number of hydrogen-bond donors (Lipinski definition) is 2. The van der Waals surface area contributed by atoms with Gasteiger partial charge in [0.05, 0.1) is 23.5 Å². The second-order valence-electron chi connectivity index (χ2n) is 7.16. The van der Waals surface area contributed by atoms with E-state index in [4.69, 9.17) is 9.57 Å². The minimum atomic E-state index is -0.205. The first-order chi connectivity index (χ1) is 15.3. The molecule has 0 aliphatic carbocycles. The van der Waals surface area contributed by atoms with Crippen molar-refractivity contribution >= 4 is 17.3 Å². The number of ether oxygens (including phenoxy) is 1. The van der Waals surface area contributed by atoms with Crippen molar-refractivity contribution in [3.8, 4) is 17.0 Å². The molecule has 9 nitrogen and oxygen atoms in total. The Labute approximate surface area is 177 Å². The van der Waals surface area contributed by atoms with Crippen LogP contribution in [0.25, 0.3) is 16.9 Å². The lowest BCUT2D eigenvalue weighted by Crippen LogP contribution is -2.30. The normalized spacial score (nSPS) is 15.5. The largest absolute Gasteiger partial charge is 0.489 e. The van der Waals surface area contributed by atoms with Gasteiger partial charge in [-0.15, -0.1) is 0 Å². The molecule has 1 aliphatic heterocycles. The summed E-state index contributed by atoms with van der Waals surface area (Å²) in [5.74, 6) is 0.568. The van der Waals surface area contributed by atoms with Crippen LogP contribution in [-0.4, -0.2) is 50.5 Å². The summed E-state index contributed by atoms with van der Waals surface area (Å²) in [4.78, 5) is 22.1. The molecule has 0 saturated heterocycles. The van der Waals surface area contributed by atoms with Crippen molar-refractivity contribution < 1.29 is 14.4 Å². The first-order valence-corrected chi connectivity index (χ1v) is 9.90. The van der Waals surface area contributed by atoms with Gasteiger partial charge in [-0.1, -0.05) is 17.3 Å². The van der Waals surface area contributed by atoms with Crippen LogP contribution in [0.5, 0.6) is 5.75 Å². The van der Waals surface area contributed by atoms with Gasteiger partial charge in [-0.2, -0.15) is 5.10 Å². The lowest BCUT2D eigenvalue weighted by Gasteiger charge is -2.13. The number of nitrogens with zero attached hydrogens (tertiary/aromatic N) is 4. The molecule has 5 rings (SSSR count). The summed E-state index contributed by atoms with van der Waals surface area (Å²) in [6, 6.07) is 13.2. The summed E-state index contributed by atoms with van der Waals surface area (Å²) in [7, 11) is 0. The zero-order valence-corrected chi connectivity index (χ0v) is 16.6. The van der Waals surface area contributed by atoms with Crippen molar-refractivity contribution in [2.75, 3.05) is 13.2 Å². The zero-order chi connectivity index (χ0) is 21.0. The number of benzene rings is 1. The summed E-state index contributed by atoms with van der Waals surface area (Å²) < 4.78 is 7.78. The van der Waals surface area contributed by atoms with Gasteiger partial charge in [0.1, 0.15) is 18.0 Å². The standard InChI is InChI=1S/C22H20N6O3/c29-22(15-5-6-21-23-9-10-28(21)13-15)24-12-16-11-17(31-27-16)14-30-20-4-2-1-3-18(20)19-7-8-25-26-19/h1-10,13,17H,11-12,14H2,(H,24,29)(H,25,26). The topological polar surface area (TPSA) is 106 Å². The molecule has 4 aromatic rings. The van der Waals surface area contributed by atoms with Crippen molar-refractivity contribution in [2.45, 2.75) is 12.5 Å². The van der Waals surface area contributed by atoms with Crippen LogP contribution in [0.3, 0.4) is 0 Å². The van der Waals surface area contributed by atoms with Crippen molar-refractivity contribution in [3.05, 3.63) is 72.8 Å². The average Bonchev–Trinajstić information content (AvgIpc) is 3.57. The van der Waals surface area contributed by atoms with Crippen molar-refractivity contribution in [2.24, 2.45) is 5.16 Å². The van der Waals surface area contributed by atoms with E-state index in [1.165, 1.54) is 0 Å². The van der Waals surface area contributed by atoms with Crippen molar-refractivity contribution in [3.63, 3.8) is 0 Å². The Morgan fingerprint density at radius 3 is 3.06 bits per heavy atom. The third kappa shape index (κ3) is 4.11. The molecule has 1 aromatic carbocycles. The maximum absolute atomic E-state index is 12.4. The number of imidazole rings is 1. The first kappa shape index (κ1) is 18.9. The highest BCUT2D eigenvalue weighted by molar-refractivity contribution is 5.98. The molecular weight excluding hydrogens is 396 g/mol. The van der Waals surface area contributed by atoms with Gasteiger partial charge < -0.3 is 19.3 Å². The number of fused-ring (bicyclic) bond motifs is 1. The predicted molar refractivity (Wildman–Crippen MR) is 114 cm³/mol. The zero-order valence-electron chi connectivity index (χ0n) is 16.6. The van der Waals surface area contributed by atoms with Crippen LogP contribution < -0.4 is 10.1 Å². The van der Waals surface area contributed by atoms with E-state index in [0.717, 1.165) is 28.4 Å². The third-order valence-electron chi connectivity index (χ3n) is 5.00. The maximum atomic E-state index is 12.4. The third-order valence-corrected chi connectivity index (χ3v) is 5.00. The number of hydrogen-bond acceptors (Lipinski definition) is 6. The highest BCUT2D eigenvalue weighted by Gasteiger charge is 2.23. The highest BCUT2D eigenvalue weighted by atomic mass is 16.7. The van der Waals surface area contributed by atoms with E-state index in [1.54, 1.807) is 41.3 Å². The molecule has 0 saturated carbocycles. The fourth-order valence-corrected chi connectivity index (χ4v) is 3.42. The van der Waals surface area contributed by atoms with Crippen LogP contribution in [0.4, 0.5) is 0 Å². The Balaban J connectivity index is 1.13. The van der Waals surface area contributed by atoms with Crippen LogP contribution in [-0.2, 0) is 4.84 Å². The first-order valence-electron chi connectivity index (χ1n) is 9.90. The van der Waals surface area contributed by atoms with E-state index in [0.29, 0.717) is 25.1 Å². The van der Waals surface area contributed by atoms with Gasteiger partial charge in [0, 0.05) is 36.8 Å². The summed E-state index contributed by atoms with van der Waals surface area (Å²) >= 11 is 0. The molecule has 156 valence electrons. The smallest absolute Gasteiger partial charge is 0.253 e. The lowest BCUT2D eigenvalue weighted by atomic mass is 10.1. The van der Waals surface area contributed by atoms with Gasteiger partial charge in [0.15, 0.2) is 6.10 Å². The van der Waals surface area contributed by atoms with E-state index in [2.05, 4.69) is 25.7 Å². The maximum Gasteiger partial charge on any atom is 0.253 e. The van der Waals surface area contributed by atoms with Gasteiger partial charge >= 0.3 is 0 Å². The Kier molecular flexibility index (Phi) is 5.05. The van der Waals surface area contributed by atoms with Crippen LogP contribution in [0.2, 0.25) is 0 Å². The molecule has 31 heavy (non-hydrogen) atoms. The van der Waals surface area contributed by atoms with Crippen LogP contribution in [0.15, 0.2) is 72.4 Å². The molecule has 0 bridgehead atoms. The van der Waals surface area contributed by atoms with E-state index >= 15 is 0 Å². The van der Waals surface area contributed by atoms with Gasteiger partial charge in [0.25, 0.3) is 5.91 Å². The Morgan fingerprint density at radius 1 is 1.23 bits per heavy atom. The van der Waals surface area contributed by atoms with Gasteiger partial charge in [-0.25, -0.2) is 4.98 Å². The predicted octanol–water partition coefficient (Wildman–Crippen LogP) is 2.68. The molecular formula is C22H20N6O3. The van der Waals surface area contributed by atoms with E-state index in [1.807, 2.05) is 30.3 Å². The highest BCUT2D eigenvalue weighted by Crippen LogP contribution is 2.28. The van der Waals surface area contributed by atoms with Gasteiger partial charge in [-0.3, -0.25) is 9.89 Å². The number of nitrogens with one attached hydrogen (secondary N) is 2. The molecule has 0 fully saturated rings. The molecule has 1 aliphatic rings. The summed E-state index contributed by atoms with van der Waals surface area (Å²) in [6.07, 6.45) is 7.33. The molecule has 4 heterocycles. The molecule has 0 radical (unpaired) electrons. The summed E-state index contributed by atoms with van der Waals surface area (Å²) in [5.41, 5.74) is 3.94. The molecule has 9 heteroatoms. The van der Waals surface area contributed by atoms with Crippen LogP contribution in [0, 0.1) is 0 Å². The fourth-order valence-electron chi connectivity index (χ4n) is 3.42. The summed E-state index contributed by atoms with van der Waals surface area (Å²) in [6.45, 7) is 0.672. The lowest BCUT2D eigenvalue weighted by molar-refractivity contribution is 0.0472. The molecule has 2 N–H and O–H groups in total. The van der Waals surface area contributed by atoms with Gasteiger partial charge in [0.2, 0.25) is 0 Å². The number of oxime groups is 1. The number of aromatic nitrogens is 4. The molecule has 3 aromatic heterocycles. The number of amides is 1. The summed E-state index contributed by atoms with van der Waals surface area (Å²) in [5, 5.41) is 13.9. The second-order valence-corrected chi connectivity index (χ2v) is 7.16. The molecule has 1 atom stereocenters. The van der Waals surface area contributed by atoms with Crippen molar-refractivity contribution in [1.82, 2.24) is 24.9 Å². The van der Waals surface area contributed by atoms with Crippen LogP contribution in [0.1, 0.15) is 16.8 Å². The van der Waals surface area contributed by atoms with Crippen molar-refractivity contribution in [1.29, 1.82) is 0 Å². The minimum absolute atomic E-state index is 0.175. The number of H-pyrrole nitrogens is 1. The van der Waals surface area contributed by atoms with Gasteiger partial charge in [-0.05, 0) is 30.3 Å². The molecule has 1 amide bonds. The number of carbonyl (C=O) groups is 1. The second kappa shape index (κ2) is 8.31. The number of para-hydroxylation sites is 1. The van der Waals surface area contributed by atoms with Crippen LogP contribution >= 0.6 is 0 Å². The number of rotatable bonds is 7. The monoisotopic (exact) mass is 416 g/mol. The number of carbonyl (C=O) groups excluding carboxylic acids is 1. The number of pyridine rings is 1. The fraction of sp³-hybridized carbons (Fsp3) is 0.182. The average molecular weight is 416 g/mol. The Hall–Kier alpha value is -4.14. The Bertz CT molecular complexity index is 1230. The van der Waals surface area contributed by atoms with E-state index in [-0.39, 0.29) is 12.0 Å². The van der Waals surface area contributed by atoms with E-state index in [9.17, 15) is 4.79 Å².